The minimum absolute atomic E-state index is 0.120. The Hall–Kier alpha value is -2.16. The SMILES string of the molecule is Cc1csc(NC2CCN(c3c([N+](=O)[O-])c(C)nn3C)CC2)n1. The minimum atomic E-state index is -0.333. The number of rotatable bonds is 4. The van der Waals surface area contributed by atoms with Crippen molar-refractivity contribution in [2.45, 2.75) is 32.7 Å². The first kappa shape index (κ1) is 15.7. The molecule has 0 unspecified atom stereocenters. The van der Waals surface area contributed by atoms with E-state index in [-0.39, 0.29) is 10.6 Å². The van der Waals surface area contributed by atoms with Gasteiger partial charge in [0.25, 0.3) is 0 Å². The zero-order valence-electron chi connectivity index (χ0n) is 13.4. The van der Waals surface area contributed by atoms with E-state index in [9.17, 15) is 10.1 Å². The summed E-state index contributed by atoms with van der Waals surface area (Å²) in [6.45, 7) is 5.19. The highest BCUT2D eigenvalue weighted by molar-refractivity contribution is 7.13. The Morgan fingerprint density at radius 3 is 2.65 bits per heavy atom. The number of hydrogen-bond donors (Lipinski definition) is 1. The third-order valence-electron chi connectivity index (χ3n) is 4.08. The molecule has 0 saturated carbocycles. The van der Waals surface area contributed by atoms with E-state index >= 15 is 0 Å². The van der Waals surface area contributed by atoms with E-state index in [1.165, 1.54) is 0 Å². The third-order valence-corrected chi connectivity index (χ3v) is 4.98. The van der Waals surface area contributed by atoms with Crippen molar-refractivity contribution in [2.75, 3.05) is 23.3 Å². The smallest absolute Gasteiger partial charge is 0.333 e. The lowest BCUT2D eigenvalue weighted by atomic mass is 10.1. The van der Waals surface area contributed by atoms with Gasteiger partial charge >= 0.3 is 5.69 Å². The number of thiazole rings is 1. The molecule has 0 aliphatic carbocycles. The molecule has 0 spiro atoms. The molecule has 1 N–H and O–H groups in total. The van der Waals surface area contributed by atoms with Crippen molar-refractivity contribution in [3.8, 4) is 0 Å². The molecule has 23 heavy (non-hydrogen) atoms. The van der Waals surface area contributed by atoms with Crippen LogP contribution in [0.15, 0.2) is 5.38 Å². The molecule has 3 rings (SSSR count). The summed E-state index contributed by atoms with van der Waals surface area (Å²) >= 11 is 1.61. The molecule has 0 amide bonds. The first-order valence-corrected chi connectivity index (χ1v) is 8.45. The van der Waals surface area contributed by atoms with Gasteiger partial charge in [-0.25, -0.2) is 9.67 Å². The molecule has 3 heterocycles. The van der Waals surface area contributed by atoms with Crippen LogP contribution >= 0.6 is 11.3 Å². The van der Waals surface area contributed by atoms with Crippen LogP contribution in [0.2, 0.25) is 0 Å². The lowest BCUT2D eigenvalue weighted by Gasteiger charge is -2.33. The Bertz CT molecular complexity index is 717. The highest BCUT2D eigenvalue weighted by Gasteiger charge is 2.31. The van der Waals surface area contributed by atoms with Gasteiger partial charge in [0.15, 0.2) is 5.13 Å². The zero-order valence-corrected chi connectivity index (χ0v) is 14.3. The van der Waals surface area contributed by atoms with E-state index in [1.54, 1.807) is 30.0 Å². The predicted molar refractivity (Wildman–Crippen MR) is 90.3 cm³/mol. The number of nitrogens with one attached hydrogen (secondary N) is 1. The molecule has 0 bridgehead atoms. The standard InChI is InChI=1S/C14H20N6O2S/c1-9-8-23-14(15-9)16-11-4-6-19(7-5-11)13-12(20(21)22)10(2)17-18(13)3/h8,11H,4-7H2,1-3H3,(H,15,16). The van der Waals surface area contributed by atoms with E-state index < -0.39 is 0 Å². The van der Waals surface area contributed by atoms with Crippen LogP contribution in [0.5, 0.6) is 0 Å². The van der Waals surface area contributed by atoms with Crippen molar-refractivity contribution >= 4 is 28.0 Å². The molecule has 9 heteroatoms. The van der Waals surface area contributed by atoms with E-state index in [0.717, 1.165) is 36.8 Å². The van der Waals surface area contributed by atoms with E-state index in [2.05, 4.69) is 20.3 Å². The fourth-order valence-electron chi connectivity index (χ4n) is 3.03. The summed E-state index contributed by atoms with van der Waals surface area (Å²) in [5, 5.41) is 21.9. The van der Waals surface area contributed by atoms with Gasteiger partial charge in [0.05, 0.1) is 10.6 Å². The van der Waals surface area contributed by atoms with E-state index in [0.29, 0.717) is 17.6 Å². The van der Waals surface area contributed by atoms with Gasteiger partial charge in [-0.3, -0.25) is 10.1 Å². The summed E-state index contributed by atoms with van der Waals surface area (Å²) in [7, 11) is 1.76. The number of nitro groups is 1. The van der Waals surface area contributed by atoms with E-state index in [1.807, 2.05) is 12.3 Å². The fraction of sp³-hybridized carbons (Fsp3) is 0.571. The lowest BCUT2D eigenvalue weighted by molar-refractivity contribution is -0.384. The Labute approximate surface area is 138 Å². The summed E-state index contributed by atoms with van der Waals surface area (Å²) in [5.41, 5.74) is 1.61. The van der Waals surface area contributed by atoms with Gasteiger partial charge in [-0.05, 0) is 26.7 Å². The second-order valence-corrected chi connectivity index (χ2v) is 6.70. The third kappa shape index (κ3) is 3.14. The van der Waals surface area contributed by atoms with Crippen molar-refractivity contribution in [3.05, 3.63) is 26.9 Å². The fourth-order valence-corrected chi connectivity index (χ4v) is 3.80. The monoisotopic (exact) mass is 336 g/mol. The maximum Gasteiger partial charge on any atom is 0.333 e. The maximum absolute atomic E-state index is 11.3. The number of piperidine rings is 1. The molecule has 2 aromatic rings. The van der Waals surface area contributed by atoms with Crippen molar-refractivity contribution in [1.82, 2.24) is 14.8 Å². The average Bonchev–Trinajstić information content (AvgIpc) is 3.02. The van der Waals surface area contributed by atoms with Crippen LogP contribution in [0, 0.1) is 24.0 Å². The van der Waals surface area contributed by atoms with Crippen LogP contribution in [-0.2, 0) is 7.05 Å². The number of aryl methyl sites for hydroxylation is 3. The molecule has 0 aromatic carbocycles. The summed E-state index contributed by atoms with van der Waals surface area (Å²) in [6, 6.07) is 0.352. The Balaban J connectivity index is 1.68. The molecule has 1 fully saturated rings. The summed E-state index contributed by atoms with van der Waals surface area (Å²) in [4.78, 5) is 17.5. The first-order valence-electron chi connectivity index (χ1n) is 7.57. The molecule has 8 nitrogen and oxygen atoms in total. The quantitative estimate of drug-likeness (QED) is 0.681. The minimum Gasteiger partial charge on any atom is -0.359 e. The molecule has 2 aromatic heterocycles. The summed E-state index contributed by atoms with van der Waals surface area (Å²) in [5.74, 6) is 0.607. The Morgan fingerprint density at radius 1 is 1.39 bits per heavy atom. The van der Waals surface area contributed by atoms with Crippen LogP contribution in [0.1, 0.15) is 24.2 Å². The summed E-state index contributed by atoms with van der Waals surface area (Å²) < 4.78 is 1.62. The predicted octanol–water partition coefficient (Wildman–Crippen LogP) is 2.48. The Kier molecular flexibility index (Phi) is 4.20. The number of anilines is 2. The number of hydrogen-bond acceptors (Lipinski definition) is 7. The topological polar surface area (TPSA) is 89.1 Å². The molecular weight excluding hydrogens is 316 g/mol. The van der Waals surface area contributed by atoms with Crippen LogP contribution in [0.4, 0.5) is 16.6 Å². The maximum atomic E-state index is 11.3. The largest absolute Gasteiger partial charge is 0.359 e. The van der Waals surface area contributed by atoms with Crippen LogP contribution < -0.4 is 10.2 Å². The van der Waals surface area contributed by atoms with Gasteiger partial charge in [0.2, 0.25) is 5.82 Å². The molecule has 1 aliphatic heterocycles. The second kappa shape index (κ2) is 6.15. The second-order valence-electron chi connectivity index (χ2n) is 5.84. The summed E-state index contributed by atoms with van der Waals surface area (Å²) in [6.07, 6.45) is 1.83. The van der Waals surface area contributed by atoms with Crippen LogP contribution in [-0.4, -0.2) is 38.8 Å². The molecular formula is C14H20N6O2S. The van der Waals surface area contributed by atoms with Crippen LogP contribution in [0.3, 0.4) is 0 Å². The first-order chi connectivity index (χ1) is 11.0. The normalized spacial score (nSPS) is 15.9. The van der Waals surface area contributed by atoms with Crippen molar-refractivity contribution in [2.24, 2.45) is 7.05 Å². The highest BCUT2D eigenvalue weighted by Crippen LogP contribution is 2.33. The molecule has 0 atom stereocenters. The van der Waals surface area contributed by atoms with Crippen LogP contribution in [0.25, 0.3) is 0 Å². The van der Waals surface area contributed by atoms with Gasteiger partial charge in [-0.2, -0.15) is 5.10 Å². The molecule has 0 radical (unpaired) electrons. The van der Waals surface area contributed by atoms with Gasteiger partial charge in [-0.1, -0.05) is 0 Å². The average molecular weight is 336 g/mol. The van der Waals surface area contributed by atoms with E-state index in [4.69, 9.17) is 0 Å². The molecule has 124 valence electrons. The lowest BCUT2D eigenvalue weighted by Crippen LogP contribution is -2.40. The van der Waals surface area contributed by atoms with Crippen molar-refractivity contribution in [3.63, 3.8) is 0 Å². The van der Waals surface area contributed by atoms with Crippen molar-refractivity contribution in [1.29, 1.82) is 0 Å². The van der Waals surface area contributed by atoms with Crippen molar-refractivity contribution < 1.29 is 4.92 Å². The van der Waals surface area contributed by atoms with Gasteiger partial charge < -0.3 is 10.2 Å². The van der Waals surface area contributed by atoms with Gasteiger partial charge in [-0.15, -0.1) is 11.3 Å². The molecule has 1 saturated heterocycles. The number of nitrogens with zero attached hydrogens (tertiary/aromatic N) is 5. The highest BCUT2D eigenvalue weighted by atomic mass is 32.1. The van der Waals surface area contributed by atoms with Gasteiger partial charge in [0.1, 0.15) is 5.69 Å². The Morgan fingerprint density at radius 2 is 2.09 bits per heavy atom. The zero-order chi connectivity index (χ0) is 16.6. The number of aromatic nitrogens is 3. The molecule has 1 aliphatic rings. The van der Waals surface area contributed by atoms with Gasteiger partial charge in [0, 0.05) is 31.6 Å².